The van der Waals surface area contributed by atoms with Crippen molar-refractivity contribution in [2.75, 3.05) is 6.61 Å². The summed E-state index contributed by atoms with van der Waals surface area (Å²) in [6, 6.07) is 21.6. The first-order chi connectivity index (χ1) is 15.6. The molecule has 0 saturated carbocycles. The Labute approximate surface area is 188 Å². The highest BCUT2D eigenvalue weighted by molar-refractivity contribution is 5.89. The fourth-order valence-electron chi connectivity index (χ4n) is 3.90. The van der Waals surface area contributed by atoms with E-state index in [0.717, 1.165) is 30.2 Å². The lowest BCUT2D eigenvalue weighted by Crippen LogP contribution is -1.93. The van der Waals surface area contributed by atoms with Crippen molar-refractivity contribution in [3.8, 4) is 28.0 Å². The van der Waals surface area contributed by atoms with Crippen LogP contribution >= 0.6 is 0 Å². The van der Waals surface area contributed by atoms with Crippen molar-refractivity contribution in [3.63, 3.8) is 0 Å². The number of fused-ring (bicyclic) bond motifs is 1. The summed E-state index contributed by atoms with van der Waals surface area (Å²) < 4.78 is 35.7. The molecule has 3 heteroatoms. The minimum absolute atomic E-state index is 0.319. The SMILES string of the molecule is C=CCOc1ccc(-c2ccc(-c3ccc4cc(CCCC)ccc4c3F)cc2F)cc1. The highest BCUT2D eigenvalue weighted by Gasteiger charge is 2.13. The zero-order valence-corrected chi connectivity index (χ0v) is 18.2. The molecular weight excluding hydrogens is 402 g/mol. The number of ether oxygens (including phenoxy) is 1. The Morgan fingerprint density at radius 1 is 0.844 bits per heavy atom. The molecular formula is C29H26F2O. The molecule has 4 aromatic carbocycles. The molecule has 0 saturated heterocycles. The fraction of sp³-hybridized carbons (Fsp3) is 0.172. The Kier molecular flexibility index (Phi) is 6.65. The molecule has 0 aliphatic rings. The quantitative estimate of drug-likeness (QED) is 0.256. The van der Waals surface area contributed by atoms with Crippen LogP contribution in [0.25, 0.3) is 33.0 Å². The van der Waals surface area contributed by atoms with Crippen LogP contribution < -0.4 is 4.74 Å². The predicted molar refractivity (Wildman–Crippen MR) is 129 cm³/mol. The molecule has 0 aliphatic heterocycles. The van der Waals surface area contributed by atoms with Crippen LogP contribution in [0, 0.1) is 11.6 Å². The first-order valence-corrected chi connectivity index (χ1v) is 11.0. The summed E-state index contributed by atoms with van der Waals surface area (Å²) in [4.78, 5) is 0. The van der Waals surface area contributed by atoms with Gasteiger partial charge in [-0.1, -0.05) is 80.6 Å². The number of hydrogen-bond acceptors (Lipinski definition) is 1. The zero-order valence-electron chi connectivity index (χ0n) is 18.2. The first kappa shape index (κ1) is 21.8. The van der Waals surface area contributed by atoms with Crippen LogP contribution in [0.1, 0.15) is 25.3 Å². The summed E-state index contributed by atoms with van der Waals surface area (Å²) in [5, 5.41) is 1.43. The summed E-state index contributed by atoms with van der Waals surface area (Å²) in [6.07, 6.45) is 4.90. The minimum atomic E-state index is -0.392. The molecule has 0 radical (unpaired) electrons. The first-order valence-electron chi connectivity index (χ1n) is 11.0. The van der Waals surface area contributed by atoms with E-state index in [1.54, 1.807) is 36.4 Å². The van der Waals surface area contributed by atoms with Gasteiger partial charge in [-0.05, 0) is 53.1 Å². The Balaban J connectivity index is 1.63. The van der Waals surface area contributed by atoms with E-state index in [4.69, 9.17) is 4.74 Å². The molecule has 0 aromatic heterocycles. The molecule has 0 amide bonds. The molecule has 32 heavy (non-hydrogen) atoms. The van der Waals surface area contributed by atoms with Crippen LogP contribution in [-0.4, -0.2) is 6.61 Å². The molecule has 0 unspecified atom stereocenters. The van der Waals surface area contributed by atoms with E-state index in [1.165, 1.54) is 11.6 Å². The lowest BCUT2D eigenvalue weighted by Gasteiger charge is -2.11. The number of unbranched alkanes of at least 4 members (excludes halogenated alkanes) is 1. The average molecular weight is 429 g/mol. The van der Waals surface area contributed by atoms with Gasteiger partial charge >= 0.3 is 0 Å². The monoisotopic (exact) mass is 428 g/mol. The van der Waals surface area contributed by atoms with Crippen molar-refractivity contribution >= 4 is 10.8 Å². The van der Waals surface area contributed by atoms with Gasteiger partial charge in [-0.15, -0.1) is 0 Å². The van der Waals surface area contributed by atoms with Crippen molar-refractivity contribution < 1.29 is 13.5 Å². The van der Waals surface area contributed by atoms with Gasteiger partial charge in [-0.25, -0.2) is 8.78 Å². The molecule has 4 aromatic rings. The van der Waals surface area contributed by atoms with Gasteiger partial charge in [-0.3, -0.25) is 0 Å². The average Bonchev–Trinajstić information content (AvgIpc) is 2.82. The standard InChI is InChI=1S/C29H26F2O/c1-3-5-6-20-7-14-26-22(18-20)11-16-27(29(26)31)23-10-15-25(28(30)19-23)21-8-12-24(13-9-21)32-17-4-2/h4,7-16,18-19H,2-3,5-6,17H2,1H3. The van der Waals surface area contributed by atoms with E-state index in [1.807, 2.05) is 36.4 Å². The Morgan fingerprint density at radius 2 is 1.59 bits per heavy atom. The molecule has 0 heterocycles. The third-order valence-corrected chi connectivity index (χ3v) is 5.65. The maximum Gasteiger partial charge on any atom is 0.138 e. The zero-order chi connectivity index (χ0) is 22.5. The number of halogens is 2. The highest BCUT2D eigenvalue weighted by atomic mass is 19.1. The van der Waals surface area contributed by atoms with Crippen molar-refractivity contribution in [2.24, 2.45) is 0 Å². The summed E-state index contributed by atoms with van der Waals surface area (Å²) in [6.45, 7) is 6.20. The lowest BCUT2D eigenvalue weighted by molar-refractivity contribution is 0.363. The summed E-state index contributed by atoms with van der Waals surface area (Å²) in [5.41, 5.74) is 3.33. The Bertz CT molecular complexity index is 1240. The summed E-state index contributed by atoms with van der Waals surface area (Å²) >= 11 is 0. The molecule has 0 fully saturated rings. The van der Waals surface area contributed by atoms with E-state index in [2.05, 4.69) is 13.5 Å². The van der Waals surface area contributed by atoms with E-state index in [9.17, 15) is 4.39 Å². The second kappa shape index (κ2) is 9.78. The Morgan fingerprint density at radius 3 is 2.31 bits per heavy atom. The van der Waals surface area contributed by atoms with Crippen LogP contribution in [0.5, 0.6) is 5.75 Å². The van der Waals surface area contributed by atoms with Crippen LogP contribution in [0.3, 0.4) is 0 Å². The van der Waals surface area contributed by atoms with Gasteiger partial charge < -0.3 is 4.74 Å². The third kappa shape index (κ3) is 4.57. The van der Waals surface area contributed by atoms with Gasteiger partial charge in [0.05, 0.1) is 0 Å². The molecule has 0 bridgehead atoms. The molecule has 4 rings (SSSR count). The number of rotatable bonds is 8. The highest BCUT2D eigenvalue weighted by Crippen LogP contribution is 2.33. The molecule has 162 valence electrons. The smallest absolute Gasteiger partial charge is 0.138 e. The third-order valence-electron chi connectivity index (χ3n) is 5.65. The van der Waals surface area contributed by atoms with Crippen molar-refractivity contribution in [1.82, 2.24) is 0 Å². The van der Waals surface area contributed by atoms with Gasteiger partial charge in [0, 0.05) is 16.5 Å². The van der Waals surface area contributed by atoms with E-state index >= 15 is 4.39 Å². The summed E-state index contributed by atoms with van der Waals surface area (Å²) in [5.74, 6) is -0.0150. The molecule has 1 nitrogen and oxygen atoms in total. The second-order valence-electron chi connectivity index (χ2n) is 7.90. The Hall–Kier alpha value is -3.46. The molecule has 0 N–H and O–H groups in total. The van der Waals surface area contributed by atoms with E-state index < -0.39 is 5.82 Å². The normalized spacial score (nSPS) is 11.0. The van der Waals surface area contributed by atoms with Gasteiger partial charge in [-0.2, -0.15) is 0 Å². The predicted octanol–water partition coefficient (Wildman–Crippen LogP) is 8.36. The van der Waals surface area contributed by atoms with Gasteiger partial charge in [0.15, 0.2) is 0 Å². The summed E-state index contributed by atoms with van der Waals surface area (Å²) in [7, 11) is 0. The van der Waals surface area contributed by atoms with Crippen LogP contribution in [0.15, 0.2) is 85.5 Å². The minimum Gasteiger partial charge on any atom is -0.490 e. The van der Waals surface area contributed by atoms with E-state index in [0.29, 0.717) is 34.4 Å². The molecule has 0 aliphatic carbocycles. The molecule has 0 atom stereocenters. The maximum atomic E-state index is 15.3. The number of aryl methyl sites for hydroxylation is 1. The largest absolute Gasteiger partial charge is 0.490 e. The van der Waals surface area contributed by atoms with Gasteiger partial charge in [0.1, 0.15) is 24.0 Å². The maximum absolute atomic E-state index is 15.3. The van der Waals surface area contributed by atoms with E-state index in [-0.39, 0.29) is 5.82 Å². The van der Waals surface area contributed by atoms with Crippen molar-refractivity contribution in [3.05, 3.63) is 103 Å². The number of benzene rings is 4. The van der Waals surface area contributed by atoms with Crippen LogP contribution in [-0.2, 0) is 6.42 Å². The van der Waals surface area contributed by atoms with Gasteiger partial charge in [0.25, 0.3) is 0 Å². The van der Waals surface area contributed by atoms with Crippen molar-refractivity contribution in [2.45, 2.75) is 26.2 Å². The fourth-order valence-corrected chi connectivity index (χ4v) is 3.90. The lowest BCUT2D eigenvalue weighted by atomic mass is 9.96. The molecule has 0 spiro atoms. The number of hydrogen-bond donors (Lipinski definition) is 0. The van der Waals surface area contributed by atoms with Crippen LogP contribution in [0.4, 0.5) is 8.78 Å². The van der Waals surface area contributed by atoms with Crippen LogP contribution in [0.2, 0.25) is 0 Å². The second-order valence-corrected chi connectivity index (χ2v) is 7.90. The van der Waals surface area contributed by atoms with Gasteiger partial charge in [0.2, 0.25) is 0 Å². The van der Waals surface area contributed by atoms with Crippen molar-refractivity contribution in [1.29, 1.82) is 0 Å². The topological polar surface area (TPSA) is 9.23 Å².